The minimum absolute atomic E-state index is 0.326. The summed E-state index contributed by atoms with van der Waals surface area (Å²) >= 11 is 0. The van der Waals surface area contributed by atoms with Crippen LogP contribution < -0.4 is 9.04 Å². The number of carbonyl (C=O) groups excluding carboxylic acids is 1. The highest BCUT2D eigenvalue weighted by Crippen LogP contribution is 2.24. The van der Waals surface area contributed by atoms with Gasteiger partial charge in [0.2, 0.25) is 0 Å². The topological polar surface area (TPSA) is 46.6 Å². The highest BCUT2D eigenvalue weighted by Gasteiger charge is 2.24. The van der Waals surface area contributed by atoms with Crippen LogP contribution in [0.1, 0.15) is 12.5 Å². The smallest absolute Gasteiger partial charge is 0.265 e. The Labute approximate surface area is 139 Å². The number of amides is 1. The van der Waals surface area contributed by atoms with E-state index in [-0.39, 0.29) is 5.91 Å². The molecule has 0 radical (unpaired) electrons. The molecule has 0 fully saturated rings. The lowest BCUT2D eigenvalue weighted by Crippen LogP contribution is -2.33. The van der Waals surface area contributed by atoms with Crippen LogP contribution in [0.2, 0.25) is 0 Å². The molecule has 2 aromatic rings. The predicted molar refractivity (Wildman–Crippen MR) is 92.9 cm³/mol. The maximum Gasteiger partial charge on any atom is 0.265 e. The molecule has 0 aliphatic rings. The van der Waals surface area contributed by atoms with E-state index in [1.807, 2.05) is 19.1 Å². The van der Waals surface area contributed by atoms with Gasteiger partial charge in [0.25, 0.3) is 5.91 Å². The Kier molecular flexibility index (Phi) is 5.34. The maximum atomic E-state index is 12.9. The van der Waals surface area contributed by atoms with E-state index in [0.717, 1.165) is 5.56 Å². The van der Waals surface area contributed by atoms with Crippen LogP contribution >= 0.6 is 0 Å². The van der Waals surface area contributed by atoms with E-state index in [0.29, 0.717) is 21.9 Å². The minimum atomic E-state index is -1.67. The summed E-state index contributed by atoms with van der Waals surface area (Å²) in [5.74, 6) is 0.293. The third-order valence-corrected chi connectivity index (χ3v) is 4.63. The molecule has 0 N–H and O–H groups in total. The zero-order valence-corrected chi connectivity index (χ0v) is 14.2. The third-order valence-electron chi connectivity index (χ3n) is 3.24. The lowest BCUT2D eigenvalue weighted by molar-refractivity contribution is -0.113. The highest BCUT2D eigenvalue weighted by atomic mass is 32.2. The van der Waals surface area contributed by atoms with E-state index in [4.69, 9.17) is 4.74 Å². The summed E-state index contributed by atoms with van der Waals surface area (Å²) in [5.41, 5.74) is 1.96. The lowest BCUT2D eigenvalue weighted by atomic mass is 10.2. The van der Waals surface area contributed by atoms with E-state index in [2.05, 4.69) is 6.58 Å². The van der Waals surface area contributed by atoms with Crippen LogP contribution in [0.5, 0.6) is 5.75 Å². The number of aryl methyl sites for hydroxylation is 1. The van der Waals surface area contributed by atoms with Crippen molar-refractivity contribution in [3.05, 3.63) is 66.2 Å². The Balaban J connectivity index is 2.43. The monoisotopic (exact) mass is 329 g/mol. The second-order valence-electron chi connectivity index (χ2n) is 5.14. The van der Waals surface area contributed by atoms with Crippen molar-refractivity contribution in [2.24, 2.45) is 0 Å². The SMILES string of the molecule is C=C(C)C(=O)N(c1ccc(C)cc1)[S@@](=O)c1ccc(OC)cc1. The zero-order valence-electron chi connectivity index (χ0n) is 13.4. The molecule has 0 unspecified atom stereocenters. The molecule has 120 valence electrons. The summed E-state index contributed by atoms with van der Waals surface area (Å²) < 4.78 is 19.3. The quantitative estimate of drug-likeness (QED) is 0.787. The van der Waals surface area contributed by atoms with E-state index >= 15 is 0 Å². The van der Waals surface area contributed by atoms with Gasteiger partial charge in [-0.1, -0.05) is 24.3 Å². The molecule has 4 nitrogen and oxygen atoms in total. The van der Waals surface area contributed by atoms with Gasteiger partial charge in [-0.15, -0.1) is 0 Å². The van der Waals surface area contributed by atoms with Gasteiger partial charge in [-0.2, -0.15) is 0 Å². The molecule has 5 heteroatoms. The van der Waals surface area contributed by atoms with Gasteiger partial charge in [0.1, 0.15) is 5.75 Å². The summed E-state index contributed by atoms with van der Waals surface area (Å²) in [7, 11) is -0.108. The molecule has 0 bridgehead atoms. The van der Waals surface area contributed by atoms with E-state index in [1.165, 1.54) is 4.31 Å². The number of hydrogen-bond donors (Lipinski definition) is 0. The summed E-state index contributed by atoms with van der Waals surface area (Å²) in [5, 5.41) is 0. The molecule has 0 spiro atoms. The summed E-state index contributed by atoms with van der Waals surface area (Å²) in [6.45, 7) is 7.24. The Morgan fingerprint density at radius 1 is 1.09 bits per heavy atom. The standard InChI is InChI=1S/C18H19NO3S/c1-13(2)18(20)19(15-7-5-14(3)6-8-15)23(21)17-11-9-16(22-4)10-12-17/h5-12H,1H2,2-4H3/t23-/m0/s1. The predicted octanol–water partition coefficient (Wildman–Crippen LogP) is 3.64. The van der Waals surface area contributed by atoms with Crippen molar-refractivity contribution in [3.8, 4) is 5.75 Å². The molecular weight excluding hydrogens is 310 g/mol. The largest absolute Gasteiger partial charge is 0.497 e. The van der Waals surface area contributed by atoms with Gasteiger partial charge in [-0.3, -0.25) is 4.79 Å². The molecule has 0 heterocycles. The van der Waals surface area contributed by atoms with Crippen LogP contribution in [0.15, 0.2) is 65.6 Å². The molecule has 0 saturated heterocycles. The minimum Gasteiger partial charge on any atom is -0.497 e. The van der Waals surface area contributed by atoms with Crippen LogP contribution in [0.3, 0.4) is 0 Å². The van der Waals surface area contributed by atoms with E-state index < -0.39 is 11.0 Å². The van der Waals surface area contributed by atoms with Crippen molar-refractivity contribution < 1.29 is 13.7 Å². The van der Waals surface area contributed by atoms with Gasteiger partial charge in [0.05, 0.1) is 17.7 Å². The highest BCUT2D eigenvalue weighted by molar-refractivity contribution is 7.87. The van der Waals surface area contributed by atoms with Gasteiger partial charge >= 0.3 is 0 Å². The number of carbonyl (C=O) groups is 1. The van der Waals surface area contributed by atoms with Crippen LogP contribution in [0.25, 0.3) is 0 Å². The average molecular weight is 329 g/mol. The fourth-order valence-electron chi connectivity index (χ4n) is 1.94. The van der Waals surface area contributed by atoms with Crippen molar-refractivity contribution >= 4 is 22.6 Å². The molecule has 0 aromatic heterocycles. The van der Waals surface area contributed by atoms with Crippen molar-refractivity contribution in [1.82, 2.24) is 0 Å². The van der Waals surface area contributed by atoms with Crippen LogP contribution in [0, 0.1) is 6.92 Å². The molecule has 23 heavy (non-hydrogen) atoms. The molecule has 2 rings (SSSR count). The molecule has 1 amide bonds. The Morgan fingerprint density at radius 3 is 2.13 bits per heavy atom. The fourth-order valence-corrected chi connectivity index (χ4v) is 3.14. The number of rotatable bonds is 5. The summed E-state index contributed by atoms with van der Waals surface area (Å²) in [6.07, 6.45) is 0. The molecule has 0 aliphatic heterocycles. The lowest BCUT2D eigenvalue weighted by Gasteiger charge is -2.22. The fraction of sp³-hybridized carbons (Fsp3) is 0.167. The third kappa shape index (κ3) is 3.87. The first kappa shape index (κ1) is 17.0. The van der Waals surface area contributed by atoms with Crippen molar-refractivity contribution in [3.63, 3.8) is 0 Å². The number of methoxy groups -OCH3 is 1. The van der Waals surface area contributed by atoms with Gasteiger partial charge in [0, 0.05) is 5.57 Å². The van der Waals surface area contributed by atoms with Crippen LogP contribution in [-0.4, -0.2) is 17.2 Å². The Hall–Kier alpha value is -2.40. The van der Waals surface area contributed by atoms with Crippen molar-refractivity contribution in [2.75, 3.05) is 11.4 Å². The molecule has 0 aliphatic carbocycles. The zero-order chi connectivity index (χ0) is 17.0. The number of ether oxygens (including phenoxy) is 1. The normalized spacial score (nSPS) is 11.6. The Bertz CT molecular complexity index is 736. The summed E-state index contributed by atoms with van der Waals surface area (Å²) in [4.78, 5) is 13.0. The molecule has 1 atom stereocenters. The van der Waals surface area contributed by atoms with E-state index in [9.17, 15) is 9.00 Å². The van der Waals surface area contributed by atoms with Gasteiger partial charge in [0.15, 0.2) is 11.0 Å². The second kappa shape index (κ2) is 7.24. The number of benzene rings is 2. The molecular formula is C18H19NO3S. The number of hydrogen-bond acceptors (Lipinski definition) is 3. The first-order chi connectivity index (χ1) is 10.9. The number of anilines is 1. The molecule has 2 aromatic carbocycles. The van der Waals surface area contributed by atoms with Crippen molar-refractivity contribution in [1.29, 1.82) is 0 Å². The van der Waals surface area contributed by atoms with Gasteiger partial charge in [-0.25, -0.2) is 8.51 Å². The van der Waals surface area contributed by atoms with Crippen LogP contribution in [-0.2, 0) is 15.8 Å². The Morgan fingerprint density at radius 2 is 1.65 bits per heavy atom. The van der Waals surface area contributed by atoms with Crippen LogP contribution in [0.4, 0.5) is 5.69 Å². The average Bonchev–Trinajstić information content (AvgIpc) is 2.56. The van der Waals surface area contributed by atoms with Crippen molar-refractivity contribution in [2.45, 2.75) is 18.7 Å². The first-order valence-electron chi connectivity index (χ1n) is 7.06. The summed E-state index contributed by atoms with van der Waals surface area (Å²) in [6, 6.07) is 14.1. The maximum absolute atomic E-state index is 12.9. The van der Waals surface area contributed by atoms with E-state index in [1.54, 1.807) is 50.4 Å². The number of nitrogens with zero attached hydrogens (tertiary/aromatic N) is 1. The first-order valence-corrected chi connectivity index (χ1v) is 8.17. The van der Waals surface area contributed by atoms with Gasteiger partial charge < -0.3 is 4.74 Å². The molecule has 0 saturated carbocycles. The second-order valence-corrected chi connectivity index (χ2v) is 6.47. The van der Waals surface area contributed by atoms with Gasteiger partial charge in [-0.05, 0) is 50.2 Å².